The van der Waals surface area contributed by atoms with E-state index in [1.807, 2.05) is 12.1 Å². The number of ether oxygens (including phenoxy) is 3. The van der Waals surface area contributed by atoms with Crippen molar-refractivity contribution in [1.29, 1.82) is 0 Å². The van der Waals surface area contributed by atoms with Gasteiger partial charge in [0.15, 0.2) is 0 Å². The molecule has 0 saturated carbocycles. The van der Waals surface area contributed by atoms with E-state index in [1.165, 1.54) is 0 Å². The number of hydrogen-bond acceptors (Lipinski definition) is 6. The topological polar surface area (TPSA) is 64.6 Å². The summed E-state index contributed by atoms with van der Waals surface area (Å²) >= 11 is 0. The molecule has 1 aromatic rings. The Morgan fingerprint density at radius 3 is 2.00 bits per heavy atom. The molecule has 0 saturated heterocycles. The smallest absolute Gasteiger partial charge is 0.122 e. The van der Waals surface area contributed by atoms with Crippen LogP contribution in [-0.2, 0) is 22.6 Å². The van der Waals surface area contributed by atoms with E-state index in [2.05, 4.69) is 15.6 Å². The molecular weight excluding hydrogens is 258 g/mol. The molecule has 0 radical (unpaired) electrons. The minimum absolute atomic E-state index is 0.640. The van der Waals surface area contributed by atoms with Gasteiger partial charge in [-0.2, -0.15) is 0 Å². The van der Waals surface area contributed by atoms with Gasteiger partial charge in [-0.1, -0.05) is 0 Å². The summed E-state index contributed by atoms with van der Waals surface area (Å²) in [5.74, 6) is 0.838. The maximum atomic E-state index is 5.46. The third-order valence-electron chi connectivity index (χ3n) is 2.97. The minimum Gasteiger partial charge on any atom is -0.497 e. The molecule has 0 aliphatic carbocycles. The standard InChI is InChI=1S/C14H23N3O3/c1-18-14-8-12-10-15-2-4-19-6-7-20-5-3-16-11-13(9-14)17-12/h8-9,15-16H,2-7,10-11H2,1H3. The van der Waals surface area contributed by atoms with Gasteiger partial charge in [-0.25, -0.2) is 0 Å². The van der Waals surface area contributed by atoms with Gasteiger partial charge in [0.2, 0.25) is 0 Å². The molecule has 0 amide bonds. The number of aromatic nitrogens is 1. The van der Waals surface area contributed by atoms with Gasteiger partial charge in [0, 0.05) is 38.3 Å². The molecule has 2 bridgehead atoms. The van der Waals surface area contributed by atoms with Crippen molar-refractivity contribution in [3.8, 4) is 5.75 Å². The fraction of sp³-hybridized carbons (Fsp3) is 0.643. The molecule has 0 spiro atoms. The highest BCUT2D eigenvalue weighted by atomic mass is 16.5. The maximum absolute atomic E-state index is 5.46. The number of nitrogens with zero attached hydrogens (tertiary/aromatic N) is 1. The lowest BCUT2D eigenvalue weighted by Crippen LogP contribution is -2.21. The second kappa shape index (κ2) is 8.86. The Bertz CT molecular complexity index is 369. The predicted octanol–water partition coefficient (Wildman–Crippen LogP) is 0.316. The summed E-state index contributed by atoms with van der Waals surface area (Å²) in [7, 11) is 1.67. The van der Waals surface area contributed by atoms with Crippen LogP contribution < -0.4 is 15.4 Å². The van der Waals surface area contributed by atoms with Gasteiger partial charge < -0.3 is 24.8 Å². The first-order valence-corrected chi connectivity index (χ1v) is 6.99. The van der Waals surface area contributed by atoms with Crippen LogP contribution in [0.2, 0.25) is 0 Å². The first-order chi connectivity index (χ1) is 9.88. The highest BCUT2D eigenvalue weighted by Crippen LogP contribution is 2.13. The Balaban J connectivity index is 1.98. The Kier molecular flexibility index (Phi) is 6.73. The molecule has 6 heteroatoms. The highest BCUT2D eigenvalue weighted by molar-refractivity contribution is 5.27. The average Bonchev–Trinajstić information content (AvgIpc) is 2.48. The van der Waals surface area contributed by atoms with E-state index in [1.54, 1.807) is 7.11 Å². The van der Waals surface area contributed by atoms with Crippen molar-refractivity contribution in [3.63, 3.8) is 0 Å². The van der Waals surface area contributed by atoms with E-state index in [0.717, 1.165) is 30.2 Å². The van der Waals surface area contributed by atoms with Crippen LogP contribution in [0.1, 0.15) is 11.4 Å². The summed E-state index contributed by atoms with van der Waals surface area (Å²) in [6.45, 7) is 5.66. The molecule has 1 aliphatic heterocycles. The quantitative estimate of drug-likeness (QED) is 0.773. The van der Waals surface area contributed by atoms with Crippen LogP contribution in [0.25, 0.3) is 0 Å². The molecule has 2 heterocycles. The SMILES string of the molecule is COc1cc2nc(c1)CNCCOCCOCCNC2. The zero-order valence-electron chi connectivity index (χ0n) is 12.0. The monoisotopic (exact) mass is 281 g/mol. The van der Waals surface area contributed by atoms with Gasteiger partial charge in [0.25, 0.3) is 0 Å². The van der Waals surface area contributed by atoms with Crippen LogP contribution in [-0.4, -0.2) is 51.6 Å². The second-order valence-corrected chi connectivity index (χ2v) is 4.57. The van der Waals surface area contributed by atoms with Gasteiger partial charge in [0.05, 0.1) is 44.9 Å². The minimum atomic E-state index is 0.640. The van der Waals surface area contributed by atoms with E-state index in [9.17, 15) is 0 Å². The third-order valence-corrected chi connectivity index (χ3v) is 2.97. The highest BCUT2D eigenvalue weighted by Gasteiger charge is 2.04. The summed E-state index contributed by atoms with van der Waals surface area (Å²) in [5, 5.41) is 6.62. The molecular formula is C14H23N3O3. The maximum Gasteiger partial charge on any atom is 0.122 e. The molecule has 1 aromatic heterocycles. The average molecular weight is 281 g/mol. The van der Waals surface area contributed by atoms with E-state index in [-0.39, 0.29) is 0 Å². The largest absolute Gasteiger partial charge is 0.497 e. The molecule has 0 atom stereocenters. The number of rotatable bonds is 1. The molecule has 0 fully saturated rings. The summed E-state index contributed by atoms with van der Waals surface area (Å²) in [6.07, 6.45) is 0. The molecule has 112 valence electrons. The van der Waals surface area contributed by atoms with E-state index >= 15 is 0 Å². The van der Waals surface area contributed by atoms with Gasteiger partial charge in [-0.05, 0) is 0 Å². The van der Waals surface area contributed by atoms with E-state index < -0.39 is 0 Å². The van der Waals surface area contributed by atoms with Crippen LogP contribution in [0.5, 0.6) is 5.75 Å². The molecule has 0 unspecified atom stereocenters. The molecule has 2 N–H and O–H groups in total. The molecule has 20 heavy (non-hydrogen) atoms. The Morgan fingerprint density at radius 2 is 1.50 bits per heavy atom. The molecule has 6 nitrogen and oxygen atoms in total. The normalized spacial score (nSPS) is 18.9. The lowest BCUT2D eigenvalue weighted by molar-refractivity contribution is 0.0498. The van der Waals surface area contributed by atoms with Crippen LogP contribution in [0.4, 0.5) is 0 Å². The summed E-state index contributed by atoms with van der Waals surface area (Å²) in [5.41, 5.74) is 1.96. The van der Waals surface area contributed by atoms with Crippen molar-refractivity contribution < 1.29 is 14.2 Å². The number of hydrogen-bond donors (Lipinski definition) is 2. The van der Waals surface area contributed by atoms with Crippen molar-refractivity contribution in [2.24, 2.45) is 0 Å². The van der Waals surface area contributed by atoms with Crippen molar-refractivity contribution in [2.45, 2.75) is 13.1 Å². The van der Waals surface area contributed by atoms with Gasteiger partial charge in [-0.3, -0.25) is 4.98 Å². The zero-order chi connectivity index (χ0) is 14.0. The van der Waals surface area contributed by atoms with Gasteiger partial charge in [0.1, 0.15) is 5.75 Å². The Labute approximate surface area is 119 Å². The fourth-order valence-corrected chi connectivity index (χ4v) is 1.96. The Hall–Kier alpha value is -1.21. The third kappa shape index (κ3) is 5.42. The Morgan fingerprint density at radius 1 is 0.950 bits per heavy atom. The number of nitrogens with one attached hydrogen (secondary N) is 2. The lowest BCUT2D eigenvalue weighted by atomic mass is 10.2. The van der Waals surface area contributed by atoms with E-state index in [4.69, 9.17) is 14.2 Å². The molecule has 2 rings (SSSR count). The summed E-state index contributed by atoms with van der Waals surface area (Å²) in [4.78, 5) is 4.61. The van der Waals surface area contributed by atoms with Crippen LogP contribution >= 0.6 is 0 Å². The van der Waals surface area contributed by atoms with Crippen LogP contribution in [0.15, 0.2) is 12.1 Å². The number of pyridine rings is 1. The summed E-state index contributed by atoms with van der Waals surface area (Å²) < 4.78 is 16.2. The van der Waals surface area contributed by atoms with Crippen molar-refractivity contribution in [2.75, 3.05) is 46.6 Å². The van der Waals surface area contributed by atoms with Crippen molar-refractivity contribution in [1.82, 2.24) is 15.6 Å². The van der Waals surface area contributed by atoms with Crippen LogP contribution in [0.3, 0.4) is 0 Å². The predicted molar refractivity (Wildman–Crippen MR) is 75.8 cm³/mol. The first-order valence-electron chi connectivity index (χ1n) is 6.99. The van der Waals surface area contributed by atoms with Gasteiger partial charge >= 0.3 is 0 Å². The number of methoxy groups -OCH3 is 1. The lowest BCUT2D eigenvalue weighted by Gasteiger charge is -2.09. The summed E-state index contributed by atoms with van der Waals surface area (Å²) in [6, 6.07) is 3.91. The molecule has 1 aliphatic rings. The second-order valence-electron chi connectivity index (χ2n) is 4.57. The van der Waals surface area contributed by atoms with Gasteiger partial charge in [-0.15, -0.1) is 0 Å². The molecule has 0 aromatic carbocycles. The van der Waals surface area contributed by atoms with Crippen molar-refractivity contribution >= 4 is 0 Å². The van der Waals surface area contributed by atoms with E-state index in [0.29, 0.717) is 39.5 Å². The zero-order valence-corrected chi connectivity index (χ0v) is 12.0. The van der Waals surface area contributed by atoms with Crippen molar-refractivity contribution in [3.05, 3.63) is 23.5 Å². The first kappa shape index (κ1) is 15.2. The number of fused-ring (bicyclic) bond motifs is 2. The van der Waals surface area contributed by atoms with Crippen LogP contribution in [0, 0.1) is 0 Å². The fourth-order valence-electron chi connectivity index (χ4n) is 1.96.